The second kappa shape index (κ2) is 2.39. The Morgan fingerprint density at radius 1 is 1.64 bits per heavy atom. The lowest BCUT2D eigenvalue weighted by molar-refractivity contribution is 0.821. The van der Waals surface area contributed by atoms with E-state index in [0.717, 1.165) is 18.5 Å². The number of aryl methyl sites for hydroxylation is 1. The number of hydrogen-bond donors (Lipinski definition) is 0. The summed E-state index contributed by atoms with van der Waals surface area (Å²) in [6, 6.07) is 4.08. The molecule has 0 saturated heterocycles. The van der Waals surface area contributed by atoms with Crippen LogP contribution in [-0.2, 0) is 6.42 Å². The van der Waals surface area contributed by atoms with Crippen LogP contribution in [0.2, 0.25) is 0 Å². The SMILES string of the molecule is C#C[C@@H]1CCc2cccnc21. The minimum atomic E-state index is 0.270. The molecule has 1 atom stereocenters. The van der Waals surface area contributed by atoms with Gasteiger partial charge in [0, 0.05) is 6.20 Å². The maximum atomic E-state index is 5.36. The van der Waals surface area contributed by atoms with Gasteiger partial charge < -0.3 is 0 Å². The van der Waals surface area contributed by atoms with E-state index in [0.29, 0.717) is 0 Å². The molecule has 1 aliphatic carbocycles. The minimum absolute atomic E-state index is 0.270. The van der Waals surface area contributed by atoms with Crippen LogP contribution in [0.15, 0.2) is 18.3 Å². The molecule has 1 aromatic rings. The van der Waals surface area contributed by atoms with E-state index in [9.17, 15) is 0 Å². The minimum Gasteiger partial charge on any atom is -0.260 e. The van der Waals surface area contributed by atoms with Crippen LogP contribution in [0, 0.1) is 12.3 Å². The van der Waals surface area contributed by atoms with Gasteiger partial charge in [0.15, 0.2) is 0 Å². The average Bonchev–Trinajstić information content (AvgIpc) is 2.47. The molecule has 1 heteroatoms. The fourth-order valence-corrected chi connectivity index (χ4v) is 1.57. The molecule has 0 N–H and O–H groups in total. The van der Waals surface area contributed by atoms with Crippen molar-refractivity contribution in [3.05, 3.63) is 29.6 Å². The summed E-state index contributed by atoms with van der Waals surface area (Å²) >= 11 is 0. The molecule has 1 nitrogen and oxygen atoms in total. The molecule has 0 spiro atoms. The summed E-state index contributed by atoms with van der Waals surface area (Å²) in [6.07, 6.45) is 9.34. The Morgan fingerprint density at radius 3 is 3.36 bits per heavy atom. The van der Waals surface area contributed by atoms with Crippen molar-refractivity contribution in [1.82, 2.24) is 4.98 Å². The average molecular weight is 143 g/mol. The quantitative estimate of drug-likeness (QED) is 0.504. The first-order valence-corrected chi connectivity index (χ1v) is 3.81. The van der Waals surface area contributed by atoms with Crippen molar-refractivity contribution in [2.24, 2.45) is 0 Å². The lowest BCUT2D eigenvalue weighted by Gasteiger charge is -1.99. The molecular weight excluding hydrogens is 134 g/mol. The normalized spacial score (nSPS) is 20.8. The maximum absolute atomic E-state index is 5.36. The second-order valence-electron chi connectivity index (χ2n) is 2.81. The van der Waals surface area contributed by atoms with Crippen LogP contribution in [0.5, 0.6) is 0 Å². The van der Waals surface area contributed by atoms with Gasteiger partial charge in [-0.15, -0.1) is 6.42 Å². The molecule has 0 radical (unpaired) electrons. The Hall–Kier alpha value is -1.29. The van der Waals surface area contributed by atoms with Gasteiger partial charge in [-0.25, -0.2) is 0 Å². The predicted octanol–water partition coefficient (Wildman–Crippen LogP) is 1.74. The smallest absolute Gasteiger partial charge is 0.0628 e. The first-order valence-electron chi connectivity index (χ1n) is 3.81. The lowest BCUT2D eigenvalue weighted by Crippen LogP contribution is -1.91. The van der Waals surface area contributed by atoms with Crippen molar-refractivity contribution < 1.29 is 0 Å². The molecule has 0 bridgehead atoms. The monoisotopic (exact) mass is 143 g/mol. The van der Waals surface area contributed by atoms with Crippen LogP contribution in [-0.4, -0.2) is 4.98 Å². The maximum Gasteiger partial charge on any atom is 0.0628 e. The van der Waals surface area contributed by atoms with Crippen molar-refractivity contribution in [1.29, 1.82) is 0 Å². The molecule has 1 aromatic heterocycles. The molecule has 1 aliphatic rings. The highest BCUT2D eigenvalue weighted by molar-refractivity contribution is 5.33. The van der Waals surface area contributed by atoms with Gasteiger partial charge in [0.1, 0.15) is 0 Å². The van der Waals surface area contributed by atoms with Gasteiger partial charge in [0.25, 0.3) is 0 Å². The van der Waals surface area contributed by atoms with Gasteiger partial charge in [0.2, 0.25) is 0 Å². The van der Waals surface area contributed by atoms with Crippen LogP contribution >= 0.6 is 0 Å². The highest BCUT2D eigenvalue weighted by atomic mass is 14.7. The van der Waals surface area contributed by atoms with Gasteiger partial charge in [-0.05, 0) is 24.5 Å². The van der Waals surface area contributed by atoms with Gasteiger partial charge in [-0.1, -0.05) is 12.0 Å². The van der Waals surface area contributed by atoms with Gasteiger partial charge in [-0.3, -0.25) is 4.98 Å². The molecule has 1 heterocycles. The zero-order valence-corrected chi connectivity index (χ0v) is 6.25. The zero-order chi connectivity index (χ0) is 7.68. The lowest BCUT2D eigenvalue weighted by atomic mass is 10.1. The van der Waals surface area contributed by atoms with Crippen molar-refractivity contribution in [2.75, 3.05) is 0 Å². The zero-order valence-electron chi connectivity index (χ0n) is 6.25. The molecule has 0 unspecified atom stereocenters. The van der Waals surface area contributed by atoms with Crippen molar-refractivity contribution in [2.45, 2.75) is 18.8 Å². The molecule has 0 saturated carbocycles. The highest BCUT2D eigenvalue weighted by Crippen LogP contribution is 2.29. The fraction of sp³-hybridized carbons (Fsp3) is 0.300. The molecule has 0 fully saturated rings. The van der Waals surface area contributed by atoms with E-state index in [1.165, 1.54) is 5.56 Å². The predicted molar refractivity (Wildman–Crippen MR) is 44.1 cm³/mol. The van der Waals surface area contributed by atoms with E-state index in [2.05, 4.69) is 17.0 Å². The van der Waals surface area contributed by atoms with E-state index >= 15 is 0 Å². The Labute approximate surface area is 66.5 Å². The van der Waals surface area contributed by atoms with E-state index < -0.39 is 0 Å². The van der Waals surface area contributed by atoms with E-state index in [1.807, 2.05) is 12.3 Å². The number of terminal acetylenes is 1. The molecule has 0 amide bonds. The molecule has 0 aromatic carbocycles. The first kappa shape index (κ1) is 6.42. The summed E-state index contributed by atoms with van der Waals surface area (Å²) < 4.78 is 0. The van der Waals surface area contributed by atoms with Crippen LogP contribution in [0.25, 0.3) is 0 Å². The molecular formula is C10H9N. The number of nitrogens with zero attached hydrogens (tertiary/aromatic N) is 1. The first-order chi connectivity index (χ1) is 5.42. The van der Waals surface area contributed by atoms with Crippen LogP contribution < -0.4 is 0 Å². The third-order valence-electron chi connectivity index (χ3n) is 2.16. The summed E-state index contributed by atoms with van der Waals surface area (Å²) in [5.74, 6) is 3.03. The summed E-state index contributed by atoms with van der Waals surface area (Å²) in [5.41, 5.74) is 2.45. The number of aromatic nitrogens is 1. The van der Waals surface area contributed by atoms with Crippen LogP contribution in [0.1, 0.15) is 23.6 Å². The topological polar surface area (TPSA) is 12.9 Å². The van der Waals surface area contributed by atoms with Crippen molar-refractivity contribution in [3.8, 4) is 12.3 Å². The third kappa shape index (κ3) is 0.914. The Morgan fingerprint density at radius 2 is 2.55 bits per heavy atom. The molecule has 11 heavy (non-hydrogen) atoms. The number of hydrogen-bond acceptors (Lipinski definition) is 1. The number of fused-ring (bicyclic) bond motifs is 1. The summed E-state index contributed by atoms with van der Waals surface area (Å²) in [4.78, 5) is 4.27. The summed E-state index contributed by atoms with van der Waals surface area (Å²) in [7, 11) is 0. The highest BCUT2D eigenvalue weighted by Gasteiger charge is 2.20. The Balaban J connectivity index is 2.49. The largest absolute Gasteiger partial charge is 0.260 e. The Kier molecular flexibility index (Phi) is 1.40. The van der Waals surface area contributed by atoms with Gasteiger partial charge >= 0.3 is 0 Å². The van der Waals surface area contributed by atoms with Crippen molar-refractivity contribution in [3.63, 3.8) is 0 Å². The van der Waals surface area contributed by atoms with Crippen molar-refractivity contribution >= 4 is 0 Å². The summed E-state index contributed by atoms with van der Waals surface area (Å²) in [5, 5.41) is 0. The van der Waals surface area contributed by atoms with E-state index in [1.54, 1.807) is 0 Å². The molecule has 54 valence electrons. The van der Waals surface area contributed by atoms with Crippen LogP contribution in [0.3, 0.4) is 0 Å². The van der Waals surface area contributed by atoms with Gasteiger partial charge in [-0.2, -0.15) is 0 Å². The third-order valence-corrected chi connectivity index (χ3v) is 2.16. The molecule has 2 rings (SSSR count). The summed E-state index contributed by atoms with van der Waals surface area (Å²) in [6.45, 7) is 0. The van der Waals surface area contributed by atoms with Crippen LogP contribution in [0.4, 0.5) is 0 Å². The standard InChI is InChI=1S/C10H9N/c1-2-8-5-6-9-4-3-7-11-10(8)9/h1,3-4,7-8H,5-6H2/t8-/m1/s1. The Bertz CT molecular complexity index is 309. The number of pyridine rings is 1. The second-order valence-corrected chi connectivity index (χ2v) is 2.81. The molecule has 0 aliphatic heterocycles. The van der Waals surface area contributed by atoms with E-state index in [4.69, 9.17) is 6.42 Å². The van der Waals surface area contributed by atoms with E-state index in [-0.39, 0.29) is 5.92 Å². The fourth-order valence-electron chi connectivity index (χ4n) is 1.57. The number of rotatable bonds is 0. The van der Waals surface area contributed by atoms with Gasteiger partial charge in [0.05, 0.1) is 11.6 Å².